The summed E-state index contributed by atoms with van der Waals surface area (Å²) in [6.07, 6.45) is 53.8. The number of hydrogen-bond acceptors (Lipinski definition) is 7. The Morgan fingerprint density at radius 3 is 0.612 bits per heavy atom. The van der Waals surface area contributed by atoms with Gasteiger partial charge in [0.05, 0.1) is 90.8 Å². The Morgan fingerprint density at radius 1 is 0.358 bits per heavy atom. The minimum atomic E-state index is -5.25. The van der Waals surface area contributed by atoms with Crippen molar-refractivity contribution in [1.29, 1.82) is 0 Å². The Hall–Kier alpha value is -0.640. The van der Waals surface area contributed by atoms with Crippen LogP contribution < -0.4 is 10.2 Å². The first kappa shape index (κ1) is 70.6. The molecule has 0 atom stereocenters. The van der Waals surface area contributed by atoms with Crippen LogP contribution >= 0.6 is 21.8 Å². The molecule has 0 N–H and O–H groups in total. The lowest BCUT2D eigenvalue weighted by Crippen LogP contribution is -2.29. The van der Waals surface area contributed by atoms with Gasteiger partial charge >= 0.3 is 0 Å². The minimum Gasteiger partial charge on any atom is -0.744 e. The Morgan fingerprint density at radius 2 is 0.507 bits per heavy atom. The van der Waals surface area contributed by atoms with E-state index in [1.54, 1.807) is 73.9 Å². The van der Waals surface area contributed by atoms with Crippen molar-refractivity contribution in [2.45, 2.75) is 242 Å². The molecule has 398 valence electrons. The first-order valence-corrected chi connectivity index (χ1v) is 37.0. The molecule has 1 aromatic carbocycles. The topological polar surface area (TPSA) is 137 Å². The van der Waals surface area contributed by atoms with E-state index in [4.69, 9.17) is 0 Å². The maximum absolute atomic E-state index is 10.7. The van der Waals surface area contributed by atoms with Crippen molar-refractivity contribution in [3.63, 3.8) is 0 Å². The van der Waals surface area contributed by atoms with Crippen LogP contribution in [0.4, 0.5) is 0 Å². The summed E-state index contributed by atoms with van der Waals surface area (Å²) in [7, 11) is -6.93. The zero-order chi connectivity index (χ0) is 51.5. The van der Waals surface area contributed by atoms with Gasteiger partial charge < -0.3 is 24.4 Å². The highest BCUT2D eigenvalue weighted by Gasteiger charge is 2.36. The predicted molar refractivity (Wildman–Crippen MR) is 301 cm³/mol. The fraction of sp³-hybridized carbons (Fsp3) is 0.857. The molecule has 0 heterocycles. The largest absolute Gasteiger partial charge is 0.744 e. The minimum absolute atomic E-state index is 0.562. The van der Waals surface area contributed by atoms with Crippen LogP contribution in [0.25, 0.3) is 0 Å². The van der Waals surface area contributed by atoms with E-state index in [9.17, 15) is 32.8 Å². The molecule has 0 saturated carbocycles. The molecule has 11 heteroatoms. The molecule has 0 aromatic heterocycles. The van der Waals surface area contributed by atoms with Gasteiger partial charge in [0.2, 0.25) is 0 Å². The zero-order valence-corrected chi connectivity index (χ0v) is 49.8. The van der Waals surface area contributed by atoms with Crippen molar-refractivity contribution in [2.75, 3.05) is 73.9 Å². The van der Waals surface area contributed by atoms with Crippen LogP contribution in [-0.2, 0) is 10.1 Å². The van der Waals surface area contributed by atoms with Crippen LogP contribution in [0.3, 0.4) is 0 Å². The highest BCUT2D eigenvalue weighted by atomic mass is 32.2. The van der Waals surface area contributed by atoms with Gasteiger partial charge in [0.15, 0.2) is 0 Å². The number of rotatable bonds is 39. The number of carboxylic acids is 2. The third kappa shape index (κ3) is 34.4. The summed E-state index contributed by atoms with van der Waals surface area (Å²) < 4.78 is 32.2. The van der Waals surface area contributed by atoms with Crippen molar-refractivity contribution >= 4 is 43.8 Å². The van der Waals surface area contributed by atoms with Crippen molar-refractivity contribution in [1.82, 2.24) is 0 Å². The number of carboxylic acid groups (broad SMARTS) is 2. The number of hydrogen-bond donors (Lipinski definition) is 0. The quantitative estimate of drug-likeness (QED) is 0.0473. The average Bonchev–Trinajstić information content (AvgIpc) is 3.32. The second-order valence-corrected chi connectivity index (χ2v) is 34.4. The van der Waals surface area contributed by atoms with Gasteiger partial charge in [0.25, 0.3) is 0 Å². The molecule has 67 heavy (non-hydrogen) atoms. The van der Waals surface area contributed by atoms with Crippen molar-refractivity contribution in [3.05, 3.63) is 29.3 Å². The molecule has 0 amide bonds. The maximum Gasteiger partial charge on any atom is 0.125 e. The van der Waals surface area contributed by atoms with Gasteiger partial charge in [0.1, 0.15) is 10.1 Å². The first-order valence-electron chi connectivity index (χ1n) is 28.0. The van der Waals surface area contributed by atoms with Crippen LogP contribution in [0.1, 0.15) is 258 Å². The monoisotopic (exact) mass is 1020 g/mol. The Kier molecular flexibility index (Phi) is 47.7. The van der Waals surface area contributed by atoms with Crippen LogP contribution in [0, 0.1) is 0 Å². The van der Waals surface area contributed by atoms with E-state index in [0.29, 0.717) is 0 Å². The molecule has 7 nitrogen and oxygen atoms in total. The number of carbonyl (C=O) groups excluding carboxylic acids is 2. The summed E-state index contributed by atoms with van der Waals surface area (Å²) in [5, 5.41) is 21.0. The van der Waals surface area contributed by atoms with E-state index in [1.165, 1.54) is 154 Å². The Labute approximate surface area is 419 Å². The van der Waals surface area contributed by atoms with E-state index in [0.717, 1.165) is 18.2 Å². The summed E-state index contributed by atoms with van der Waals surface area (Å²) in [5.74, 6) is -3.92. The van der Waals surface area contributed by atoms with E-state index in [1.807, 2.05) is 0 Å². The van der Waals surface area contributed by atoms with Crippen LogP contribution in [0.15, 0.2) is 23.1 Å². The van der Waals surface area contributed by atoms with E-state index < -0.39 is 59.9 Å². The molecule has 1 rings (SSSR count). The summed E-state index contributed by atoms with van der Waals surface area (Å²) in [6, 6.07) is 2.48. The smallest absolute Gasteiger partial charge is 0.125 e. The van der Waals surface area contributed by atoms with Gasteiger partial charge in [-0.15, -0.1) is 0 Å². The van der Waals surface area contributed by atoms with Crippen LogP contribution in [0.5, 0.6) is 0 Å². The molecule has 0 unspecified atom stereocenters. The molecule has 0 aliphatic heterocycles. The van der Waals surface area contributed by atoms with Gasteiger partial charge in [-0.05, 0) is 77.0 Å². The highest BCUT2D eigenvalue weighted by molar-refractivity contribution is 7.86. The molecule has 0 radical (unpaired) electrons. The number of aromatic carboxylic acids is 2. The standard InChI is InChI=1S/3C16H36P.C8H6O7S/c3*1-5-9-13-17(14-10-6-2,15-11-7-3)16-12-8-4;9-7(10)4-2-1-3-5(8(11)12)6(4)16(13,14)15/h3*5-16H2,1-4H3;1-3H,(H,9,10)(H,11,12)(H,13,14,15)/q3*+1;/p-3. The third-order valence-electron chi connectivity index (χ3n) is 13.5. The summed E-state index contributed by atoms with van der Waals surface area (Å²) in [4.78, 5) is 19.7. The van der Waals surface area contributed by atoms with E-state index in [-0.39, 0.29) is 0 Å². The lowest BCUT2D eigenvalue weighted by molar-refractivity contribution is -0.255. The van der Waals surface area contributed by atoms with Gasteiger partial charge in [0, 0.05) is 32.9 Å². The van der Waals surface area contributed by atoms with E-state index >= 15 is 0 Å². The summed E-state index contributed by atoms with van der Waals surface area (Å²) in [6.45, 7) is 28.3. The molecule has 0 spiro atoms. The normalized spacial score (nSPS) is 11.8. The van der Waals surface area contributed by atoms with Gasteiger partial charge in [-0.3, -0.25) is 0 Å². The SMILES string of the molecule is CCCC[P+](CCCC)(CCCC)CCCC.CCCC[P+](CCCC)(CCCC)CCCC.CCCC[P+](CCCC)(CCCC)CCCC.O=C([O-])c1cccc(C(=O)[O-])c1S(=O)(=O)[O-]. The van der Waals surface area contributed by atoms with Gasteiger partial charge in [-0.2, -0.15) is 0 Å². The van der Waals surface area contributed by atoms with Crippen molar-refractivity contribution < 1.29 is 32.8 Å². The maximum atomic E-state index is 10.7. The molecular weight excluding hydrogens is 910 g/mol. The first-order chi connectivity index (χ1) is 32.0. The molecule has 1 aromatic rings. The second-order valence-electron chi connectivity index (χ2n) is 19.7. The van der Waals surface area contributed by atoms with Crippen molar-refractivity contribution in [2.24, 2.45) is 0 Å². The molecule has 0 saturated heterocycles. The van der Waals surface area contributed by atoms with Crippen molar-refractivity contribution in [3.8, 4) is 0 Å². The van der Waals surface area contributed by atoms with Crippen LogP contribution in [-0.4, -0.2) is 98.9 Å². The number of carbonyl (C=O) groups is 2. The fourth-order valence-electron chi connectivity index (χ4n) is 9.06. The number of unbranched alkanes of at least 4 members (excludes halogenated alkanes) is 12. The highest BCUT2D eigenvalue weighted by Crippen LogP contribution is 2.63. The predicted octanol–water partition coefficient (Wildman–Crippen LogP) is 15.9. The van der Waals surface area contributed by atoms with E-state index in [2.05, 4.69) is 83.1 Å². The third-order valence-corrected chi connectivity index (χ3v) is 29.7. The van der Waals surface area contributed by atoms with Gasteiger partial charge in [-0.25, -0.2) is 8.42 Å². The fourth-order valence-corrected chi connectivity index (χ4v) is 25.8. The van der Waals surface area contributed by atoms with Crippen LogP contribution in [0.2, 0.25) is 0 Å². The summed E-state index contributed by atoms with van der Waals surface area (Å²) in [5.41, 5.74) is -2.01. The molecular formula is C56H111O7P3S. The summed E-state index contributed by atoms with van der Waals surface area (Å²) >= 11 is 0. The number of benzene rings is 1. The van der Waals surface area contributed by atoms with Gasteiger partial charge in [-0.1, -0.05) is 178 Å². The lowest BCUT2D eigenvalue weighted by Gasteiger charge is -2.28. The lowest BCUT2D eigenvalue weighted by atomic mass is 10.1. The Bertz CT molecular complexity index is 1190. The molecule has 0 aliphatic rings. The average molecular weight is 1020 g/mol. The molecule has 0 bridgehead atoms. The second kappa shape index (κ2) is 45.2. The molecule has 0 aliphatic carbocycles. The zero-order valence-electron chi connectivity index (χ0n) is 46.3. The molecule has 0 fully saturated rings. The Balaban J connectivity index is -0.000000815.